The van der Waals surface area contributed by atoms with Gasteiger partial charge in [0.2, 0.25) is 11.8 Å². The van der Waals surface area contributed by atoms with E-state index in [4.69, 9.17) is 4.74 Å². The number of alkyl halides is 3. The minimum Gasteiger partial charge on any atom is -0.379 e. The van der Waals surface area contributed by atoms with Gasteiger partial charge in [-0.1, -0.05) is 24.3 Å². The van der Waals surface area contributed by atoms with Gasteiger partial charge in [-0.3, -0.25) is 14.5 Å². The molecule has 0 saturated carbocycles. The molecular formula is C24H26F3N3O3. The lowest BCUT2D eigenvalue weighted by atomic mass is 10.1. The molecule has 176 valence electrons. The van der Waals surface area contributed by atoms with Crippen molar-refractivity contribution in [3.05, 3.63) is 71.3 Å². The van der Waals surface area contributed by atoms with Gasteiger partial charge in [-0.05, 0) is 41.5 Å². The predicted octanol–water partition coefficient (Wildman–Crippen LogP) is 3.70. The summed E-state index contributed by atoms with van der Waals surface area (Å²) >= 11 is 0. The van der Waals surface area contributed by atoms with Gasteiger partial charge < -0.3 is 15.4 Å². The van der Waals surface area contributed by atoms with Crippen LogP contribution >= 0.6 is 0 Å². The van der Waals surface area contributed by atoms with Crippen LogP contribution in [0.2, 0.25) is 0 Å². The van der Waals surface area contributed by atoms with Crippen molar-refractivity contribution in [2.24, 2.45) is 0 Å². The summed E-state index contributed by atoms with van der Waals surface area (Å²) in [6.45, 7) is 3.96. The number of hydrogen-bond donors (Lipinski definition) is 2. The molecule has 0 spiro atoms. The number of amides is 2. The molecule has 2 aromatic rings. The first-order valence-electron chi connectivity index (χ1n) is 10.6. The van der Waals surface area contributed by atoms with E-state index in [-0.39, 0.29) is 18.4 Å². The first-order chi connectivity index (χ1) is 15.8. The molecule has 0 atom stereocenters. The van der Waals surface area contributed by atoms with E-state index in [1.165, 1.54) is 24.3 Å². The SMILES string of the molecule is O=C(/C=C/c1ccc(C(F)(F)F)cc1)NCc1cccc(NC(=O)CCN2CCOCC2)c1. The average molecular weight is 461 g/mol. The van der Waals surface area contributed by atoms with Crippen LogP contribution in [0.1, 0.15) is 23.1 Å². The first kappa shape index (κ1) is 24.5. The van der Waals surface area contributed by atoms with Gasteiger partial charge in [0.1, 0.15) is 0 Å². The maximum Gasteiger partial charge on any atom is 0.416 e. The number of benzene rings is 2. The summed E-state index contributed by atoms with van der Waals surface area (Å²) in [7, 11) is 0. The van der Waals surface area contributed by atoms with E-state index in [0.29, 0.717) is 37.4 Å². The largest absolute Gasteiger partial charge is 0.416 e. The predicted molar refractivity (Wildman–Crippen MR) is 119 cm³/mol. The van der Waals surface area contributed by atoms with Crippen LogP contribution in [0.15, 0.2) is 54.6 Å². The van der Waals surface area contributed by atoms with E-state index in [2.05, 4.69) is 15.5 Å². The van der Waals surface area contributed by atoms with Crippen molar-refractivity contribution in [1.29, 1.82) is 0 Å². The number of rotatable bonds is 8. The van der Waals surface area contributed by atoms with E-state index in [1.807, 2.05) is 6.07 Å². The highest BCUT2D eigenvalue weighted by Gasteiger charge is 2.29. The quantitative estimate of drug-likeness (QED) is 0.589. The van der Waals surface area contributed by atoms with Crippen molar-refractivity contribution in [3.63, 3.8) is 0 Å². The first-order valence-corrected chi connectivity index (χ1v) is 10.6. The zero-order valence-corrected chi connectivity index (χ0v) is 18.0. The van der Waals surface area contributed by atoms with Crippen molar-refractivity contribution in [1.82, 2.24) is 10.2 Å². The molecule has 0 unspecified atom stereocenters. The van der Waals surface area contributed by atoms with Crippen molar-refractivity contribution in [2.75, 3.05) is 38.2 Å². The van der Waals surface area contributed by atoms with Gasteiger partial charge in [0.25, 0.3) is 0 Å². The average Bonchev–Trinajstić information content (AvgIpc) is 2.81. The number of anilines is 1. The highest BCUT2D eigenvalue weighted by molar-refractivity contribution is 5.92. The number of hydrogen-bond acceptors (Lipinski definition) is 4. The highest BCUT2D eigenvalue weighted by atomic mass is 19.4. The molecule has 6 nitrogen and oxygen atoms in total. The Labute approximate surface area is 190 Å². The summed E-state index contributed by atoms with van der Waals surface area (Å²) in [5, 5.41) is 5.58. The van der Waals surface area contributed by atoms with Gasteiger partial charge in [-0.15, -0.1) is 0 Å². The monoisotopic (exact) mass is 461 g/mol. The second-order valence-corrected chi connectivity index (χ2v) is 7.62. The maximum absolute atomic E-state index is 12.6. The van der Waals surface area contributed by atoms with Gasteiger partial charge >= 0.3 is 6.18 Å². The molecule has 1 heterocycles. The van der Waals surface area contributed by atoms with Gasteiger partial charge in [-0.2, -0.15) is 13.2 Å². The van der Waals surface area contributed by atoms with Gasteiger partial charge in [-0.25, -0.2) is 0 Å². The summed E-state index contributed by atoms with van der Waals surface area (Å²) in [6.07, 6.45) is -1.30. The number of carbonyl (C=O) groups is 2. The third-order valence-corrected chi connectivity index (χ3v) is 5.10. The highest BCUT2D eigenvalue weighted by Crippen LogP contribution is 2.29. The molecule has 0 aromatic heterocycles. The maximum atomic E-state index is 12.6. The van der Waals surface area contributed by atoms with Crippen molar-refractivity contribution >= 4 is 23.6 Å². The number of ether oxygens (including phenoxy) is 1. The number of halogens is 3. The lowest BCUT2D eigenvalue weighted by molar-refractivity contribution is -0.137. The zero-order chi connectivity index (χ0) is 23.7. The molecule has 9 heteroatoms. The van der Waals surface area contributed by atoms with Crippen LogP contribution in [-0.2, 0) is 27.0 Å². The Bertz CT molecular complexity index is 969. The summed E-state index contributed by atoms with van der Waals surface area (Å²) in [5.74, 6) is -0.461. The van der Waals surface area contributed by atoms with Crippen molar-refractivity contribution in [3.8, 4) is 0 Å². The molecule has 1 fully saturated rings. The second kappa shape index (κ2) is 11.6. The lowest BCUT2D eigenvalue weighted by Gasteiger charge is -2.26. The molecule has 2 aromatic carbocycles. The summed E-state index contributed by atoms with van der Waals surface area (Å²) in [6, 6.07) is 11.7. The van der Waals surface area contributed by atoms with E-state index < -0.39 is 11.7 Å². The van der Waals surface area contributed by atoms with E-state index >= 15 is 0 Å². The molecule has 33 heavy (non-hydrogen) atoms. The fourth-order valence-electron chi connectivity index (χ4n) is 3.27. The Balaban J connectivity index is 1.44. The van der Waals surface area contributed by atoms with Crippen LogP contribution < -0.4 is 10.6 Å². The van der Waals surface area contributed by atoms with Gasteiger partial charge in [0.15, 0.2) is 0 Å². The number of nitrogens with one attached hydrogen (secondary N) is 2. The van der Waals surface area contributed by atoms with E-state index in [0.717, 1.165) is 30.8 Å². The van der Waals surface area contributed by atoms with E-state index in [1.54, 1.807) is 18.2 Å². The Morgan fingerprint density at radius 3 is 2.48 bits per heavy atom. The molecule has 0 aliphatic carbocycles. The molecule has 3 rings (SSSR count). The van der Waals surface area contributed by atoms with Gasteiger partial charge in [0.05, 0.1) is 18.8 Å². The topological polar surface area (TPSA) is 70.7 Å². The lowest BCUT2D eigenvalue weighted by Crippen LogP contribution is -2.38. The van der Waals surface area contributed by atoms with Crippen LogP contribution in [0, 0.1) is 0 Å². The van der Waals surface area contributed by atoms with Crippen LogP contribution in [-0.4, -0.2) is 49.6 Å². The fourth-order valence-corrected chi connectivity index (χ4v) is 3.27. The van der Waals surface area contributed by atoms with Crippen LogP contribution in [0.3, 0.4) is 0 Å². The summed E-state index contributed by atoms with van der Waals surface area (Å²) < 4.78 is 43.1. The summed E-state index contributed by atoms with van der Waals surface area (Å²) in [5.41, 5.74) is 1.20. The minimum absolute atomic E-state index is 0.0813. The molecule has 1 aliphatic heterocycles. The molecular weight excluding hydrogens is 435 g/mol. The Hall–Kier alpha value is -3.17. The molecule has 0 bridgehead atoms. The second-order valence-electron chi connectivity index (χ2n) is 7.62. The fraction of sp³-hybridized carbons (Fsp3) is 0.333. The third-order valence-electron chi connectivity index (χ3n) is 5.10. The van der Waals surface area contributed by atoms with Crippen molar-refractivity contribution < 1.29 is 27.5 Å². The summed E-state index contributed by atoms with van der Waals surface area (Å²) in [4.78, 5) is 26.5. The Morgan fingerprint density at radius 1 is 1.06 bits per heavy atom. The third kappa shape index (κ3) is 8.36. The number of nitrogens with zero attached hydrogens (tertiary/aromatic N) is 1. The van der Waals surface area contributed by atoms with Crippen LogP contribution in [0.25, 0.3) is 6.08 Å². The van der Waals surface area contributed by atoms with E-state index in [9.17, 15) is 22.8 Å². The van der Waals surface area contributed by atoms with Crippen molar-refractivity contribution in [2.45, 2.75) is 19.1 Å². The zero-order valence-electron chi connectivity index (χ0n) is 18.0. The Morgan fingerprint density at radius 2 is 1.79 bits per heavy atom. The standard InChI is InChI=1S/C24H26F3N3O3/c25-24(26,27)20-7-4-18(5-8-20)6-9-22(31)28-17-19-2-1-3-21(16-19)29-23(32)10-11-30-12-14-33-15-13-30/h1-9,16H,10-15,17H2,(H,28,31)(H,29,32)/b9-6+. The molecule has 2 amide bonds. The van der Waals surface area contributed by atoms with Crippen LogP contribution in [0.4, 0.5) is 18.9 Å². The Kier molecular flexibility index (Phi) is 8.62. The van der Waals surface area contributed by atoms with Crippen LogP contribution in [0.5, 0.6) is 0 Å². The number of carbonyl (C=O) groups excluding carboxylic acids is 2. The minimum atomic E-state index is -4.39. The molecule has 2 N–H and O–H groups in total. The molecule has 0 radical (unpaired) electrons. The number of morpholine rings is 1. The normalized spacial score (nSPS) is 14.9. The molecule has 1 saturated heterocycles. The smallest absolute Gasteiger partial charge is 0.379 e. The molecule has 1 aliphatic rings. The van der Waals surface area contributed by atoms with Gasteiger partial charge in [0, 0.05) is 44.4 Å².